The standard InChI is InChI=1S/C22H23N7O2/c1-14-10-17(15-4-3-7-23-11-15)24-12-18(14)26-21-25-13-19-20(27-21)29(22(30)28(19)2)16-5-8-31-9-6-16/h3-4,7,10-13,16H,5-6,8-9H2,1-2H3,(H,25,26,27). The lowest BCUT2D eigenvalue weighted by molar-refractivity contribution is 0.0695. The van der Waals surface area contributed by atoms with Crippen LogP contribution in [0, 0.1) is 6.92 Å². The van der Waals surface area contributed by atoms with Gasteiger partial charge in [-0.15, -0.1) is 0 Å². The SMILES string of the molecule is Cc1cc(-c2cccnc2)ncc1Nc1ncc2c(n1)n(C1CCOCC1)c(=O)n2C. The first-order chi connectivity index (χ1) is 15.1. The maximum atomic E-state index is 12.9. The third-order valence-electron chi connectivity index (χ3n) is 5.70. The first kappa shape index (κ1) is 19.4. The maximum absolute atomic E-state index is 12.9. The fourth-order valence-corrected chi connectivity index (χ4v) is 3.95. The molecule has 9 nitrogen and oxygen atoms in total. The van der Waals surface area contributed by atoms with Gasteiger partial charge in [-0.05, 0) is 43.5 Å². The van der Waals surface area contributed by atoms with E-state index < -0.39 is 0 Å². The van der Waals surface area contributed by atoms with Crippen molar-refractivity contribution in [2.75, 3.05) is 18.5 Å². The highest BCUT2D eigenvalue weighted by Gasteiger charge is 2.23. The van der Waals surface area contributed by atoms with Crippen molar-refractivity contribution in [2.45, 2.75) is 25.8 Å². The lowest BCUT2D eigenvalue weighted by atomic mass is 10.1. The molecule has 0 radical (unpaired) electrons. The summed E-state index contributed by atoms with van der Waals surface area (Å²) in [5, 5.41) is 3.25. The molecule has 158 valence electrons. The van der Waals surface area contributed by atoms with Crippen LogP contribution in [-0.4, -0.2) is 42.3 Å². The molecule has 0 atom stereocenters. The minimum atomic E-state index is -0.0768. The van der Waals surface area contributed by atoms with Gasteiger partial charge in [-0.3, -0.25) is 19.1 Å². The number of fused-ring (bicyclic) bond motifs is 1. The predicted molar refractivity (Wildman–Crippen MR) is 117 cm³/mol. The predicted octanol–water partition coefficient (Wildman–Crippen LogP) is 2.99. The summed E-state index contributed by atoms with van der Waals surface area (Å²) < 4.78 is 8.84. The smallest absolute Gasteiger partial charge is 0.330 e. The number of nitrogens with zero attached hydrogens (tertiary/aromatic N) is 6. The van der Waals surface area contributed by atoms with Crippen molar-refractivity contribution in [3.05, 3.63) is 59.0 Å². The molecule has 0 amide bonds. The van der Waals surface area contributed by atoms with Crippen LogP contribution >= 0.6 is 0 Å². The molecule has 9 heteroatoms. The average molecular weight is 417 g/mol. The second-order valence-electron chi connectivity index (χ2n) is 7.71. The summed E-state index contributed by atoms with van der Waals surface area (Å²) in [5.74, 6) is 0.429. The summed E-state index contributed by atoms with van der Waals surface area (Å²) >= 11 is 0. The Bertz CT molecular complexity index is 1290. The van der Waals surface area contributed by atoms with Crippen LogP contribution in [-0.2, 0) is 11.8 Å². The molecule has 1 aliphatic rings. The van der Waals surface area contributed by atoms with Gasteiger partial charge in [0.15, 0.2) is 5.65 Å². The van der Waals surface area contributed by atoms with Crippen molar-refractivity contribution in [3.63, 3.8) is 0 Å². The molecule has 0 saturated carbocycles. The molecular weight excluding hydrogens is 394 g/mol. The van der Waals surface area contributed by atoms with Crippen LogP contribution in [0.3, 0.4) is 0 Å². The molecule has 0 aromatic carbocycles. The molecule has 1 aliphatic heterocycles. The molecule has 31 heavy (non-hydrogen) atoms. The fourth-order valence-electron chi connectivity index (χ4n) is 3.95. The molecule has 4 aromatic heterocycles. The summed E-state index contributed by atoms with van der Waals surface area (Å²) in [4.78, 5) is 30.7. The zero-order valence-corrected chi connectivity index (χ0v) is 17.4. The van der Waals surface area contributed by atoms with E-state index in [1.165, 1.54) is 0 Å². The van der Waals surface area contributed by atoms with Gasteiger partial charge < -0.3 is 10.1 Å². The van der Waals surface area contributed by atoms with Crippen LogP contribution in [0.25, 0.3) is 22.4 Å². The van der Waals surface area contributed by atoms with Gasteiger partial charge in [0, 0.05) is 44.3 Å². The number of anilines is 2. The lowest BCUT2D eigenvalue weighted by Gasteiger charge is -2.22. The second-order valence-corrected chi connectivity index (χ2v) is 7.71. The van der Waals surface area contributed by atoms with E-state index in [1.54, 1.807) is 41.0 Å². The van der Waals surface area contributed by atoms with E-state index in [9.17, 15) is 4.79 Å². The van der Waals surface area contributed by atoms with Gasteiger partial charge in [-0.1, -0.05) is 0 Å². The Labute approximate surface area is 178 Å². The van der Waals surface area contributed by atoms with E-state index in [1.807, 2.05) is 25.1 Å². The fraction of sp³-hybridized carbons (Fsp3) is 0.318. The maximum Gasteiger partial charge on any atom is 0.330 e. The highest BCUT2D eigenvalue weighted by atomic mass is 16.5. The molecule has 4 aromatic rings. The summed E-state index contributed by atoms with van der Waals surface area (Å²) in [6.45, 7) is 3.30. The molecule has 1 saturated heterocycles. The largest absolute Gasteiger partial charge is 0.381 e. The van der Waals surface area contributed by atoms with Gasteiger partial charge in [0.1, 0.15) is 5.52 Å². The quantitative estimate of drug-likeness (QED) is 0.545. The van der Waals surface area contributed by atoms with E-state index in [0.29, 0.717) is 30.3 Å². The Hall–Kier alpha value is -3.59. The molecular formula is C22H23N7O2. The number of hydrogen-bond donors (Lipinski definition) is 1. The van der Waals surface area contributed by atoms with Gasteiger partial charge in [0.25, 0.3) is 0 Å². The van der Waals surface area contributed by atoms with Crippen molar-refractivity contribution >= 4 is 22.8 Å². The minimum absolute atomic E-state index is 0.0768. The zero-order valence-electron chi connectivity index (χ0n) is 17.4. The van der Waals surface area contributed by atoms with E-state index in [2.05, 4.69) is 20.3 Å². The number of rotatable bonds is 4. The van der Waals surface area contributed by atoms with Crippen LogP contribution in [0.4, 0.5) is 11.6 Å². The molecule has 5 rings (SSSR count). The number of ether oxygens (including phenoxy) is 1. The van der Waals surface area contributed by atoms with Crippen LogP contribution in [0.5, 0.6) is 0 Å². The Morgan fingerprint density at radius 2 is 2.00 bits per heavy atom. The minimum Gasteiger partial charge on any atom is -0.381 e. The molecule has 0 aliphatic carbocycles. The van der Waals surface area contributed by atoms with Crippen molar-refractivity contribution < 1.29 is 4.74 Å². The molecule has 0 bridgehead atoms. The summed E-state index contributed by atoms with van der Waals surface area (Å²) in [7, 11) is 1.75. The van der Waals surface area contributed by atoms with Gasteiger partial charge in [0.2, 0.25) is 5.95 Å². The monoisotopic (exact) mass is 417 g/mol. The number of aryl methyl sites for hydroxylation is 2. The Morgan fingerprint density at radius 1 is 1.16 bits per heavy atom. The summed E-state index contributed by atoms with van der Waals surface area (Å²) in [6.07, 6.45) is 8.58. The molecule has 0 spiro atoms. The molecule has 1 N–H and O–H groups in total. The van der Waals surface area contributed by atoms with E-state index >= 15 is 0 Å². The Morgan fingerprint density at radius 3 is 2.74 bits per heavy atom. The third kappa shape index (κ3) is 3.57. The summed E-state index contributed by atoms with van der Waals surface area (Å²) in [6, 6.07) is 5.94. The number of aromatic nitrogens is 6. The summed E-state index contributed by atoms with van der Waals surface area (Å²) in [5.41, 5.74) is 4.89. The normalized spacial score (nSPS) is 14.8. The number of imidazole rings is 1. The second kappa shape index (κ2) is 7.92. The molecule has 0 unspecified atom stereocenters. The Kier molecular flexibility index (Phi) is 4.95. The van der Waals surface area contributed by atoms with Crippen LogP contribution in [0.1, 0.15) is 24.4 Å². The number of hydrogen-bond acceptors (Lipinski definition) is 7. The zero-order chi connectivity index (χ0) is 21.4. The van der Waals surface area contributed by atoms with Gasteiger partial charge in [-0.25, -0.2) is 9.78 Å². The number of nitrogens with one attached hydrogen (secondary N) is 1. The molecule has 1 fully saturated rings. The topological polar surface area (TPSA) is 99.8 Å². The van der Waals surface area contributed by atoms with Crippen molar-refractivity contribution in [1.82, 2.24) is 29.1 Å². The highest BCUT2D eigenvalue weighted by Crippen LogP contribution is 2.26. The number of pyridine rings is 2. The van der Waals surface area contributed by atoms with E-state index in [0.717, 1.165) is 35.3 Å². The molecule has 5 heterocycles. The van der Waals surface area contributed by atoms with Gasteiger partial charge in [0.05, 0.1) is 23.8 Å². The van der Waals surface area contributed by atoms with Gasteiger partial charge in [-0.2, -0.15) is 4.98 Å². The van der Waals surface area contributed by atoms with Gasteiger partial charge >= 0.3 is 5.69 Å². The first-order valence-corrected chi connectivity index (χ1v) is 10.3. The first-order valence-electron chi connectivity index (χ1n) is 10.3. The van der Waals surface area contributed by atoms with E-state index in [4.69, 9.17) is 9.72 Å². The average Bonchev–Trinajstić information content (AvgIpc) is 3.06. The van der Waals surface area contributed by atoms with Crippen LogP contribution < -0.4 is 11.0 Å². The highest BCUT2D eigenvalue weighted by molar-refractivity contribution is 5.73. The van der Waals surface area contributed by atoms with Crippen molar-refractivity contribution in [3.8, 4) is 11.3 Å². The van der Waals surface area contributed by atoms with Crippen molar-refractivity contribution in [1.29, 1.82) is 0 Å². The third-order valence-corrected chi connectivity index (χ3v) is 5.70. The Balaban J connectivity index is 1.49. The van der Waals surface area contributed by atoms with Crippen LogP contribution in [0.2, 0.25) is 0 Å². The van der Waals surface area contributed by atoms with Crippen molar-refractivity contribution in [2.24, 2.45) is 7.05 Å². The van der Waals surface area contributed by atoms with Crippen LogP contribution in [0.15, 0.2) is 47.8 Å². The van der Waals surface area contributed by atoms with E-state index in [-0.39, 0.29) is 11.7 Å². The lowest BCUT2D eigenvalue weighted by Crippen LogP contribution is -2.30.